The van der Waals surface area contributed by atoms with Gasteiger partial charge in [0.2, 0.25) is 5.91 Å². The summed E-state index contributed by atoms with van der Waals surface area (Å²) in [6.07, 6.45) is 1.19. The zero-order valence-electron chi connectivity index (χ0n) is 16.1. The molecule has 0 spiro atoms. The molecule has 6 heteroatoms. The molecule has 1 heterocycles. The van der Waals surface area contributed by atoms with E-state index < -0.39 is 0 Å². The highest BCUT2D eigenvalue weighted by molar-refractivity contribution is 7.12. The van der Waals surface area contributed by atoms with Crippen molar-refractivity contribution in [3.05, 3.63) is 58.3 Å². The fourth-order valence-corrected chi connectivity index (χ4v) is 3.70. The van der Waals surface area contributed by atoms with Crippen LogP contribution in [0.5, 0.6) is 0 Å². The molecule has 1 aromatic carbocycles. The van der Waals surface area contributed by atoms with Crippen LogP contribution in [0.1, 0.15) is 35.5 Å². The lowest BCUT2D eigenvalue weighted by Crippen LogP contribution is -2.45. The van der Waals surface area contributed by atoms with Crippen LogP contribution >= 0.6 is 11.3 Å². The third kappa shape index (κ3) is 7.15. The zero-order chi connectivity index (χ0) is 19.5. The summed E-state index contributed by atoms with van der Waals surface area (Å²) in [5, 5.41) is 7.68. The van der Waals surface area contributed by atoms with Crippen molar-refractivity contribution in [2.45, 2.75) is 32.7 Å². The summed E-state index contributed by atoms with van der Waals surface area (Å²) in [6, 6.07) is 14.2. The Balaban J connectivity index is 1.78. The number of carbonyl (C=O) groups is 2. The van der Waals surface area contributed by atoms with E-state index in [-0.39, 0.29) is 24.3 Å². The van der Waals surface area contributed by atoms with Crippen molar-refractivity contribution in [1.82, 2.24) is 15.5 Å². The van der Waals surface area contributed by atoms with Gasteiger partial charge in [0.1, 0.15) is 0 Å². The lowest BCUT2D eigenvalue weighted by molar-refractivity contribution is -0.121. The van der Waals surface area contributed by atoms with Crippen LogP contribution in [0.3, 0.4) is 0 Å². The van der Waals surface area contributed by atoms with Crippen LogP contribution in [0.15, 0.2) is 47.8 Å². The molecule has 2 aromatic rings. The summed E-state index contributed by atoms with van der Waals surface area (Å²) in [7, 11) is 0. The molecular weight excluding hydrogens is 358 g/mol. The normalized spacial score (nSPS) is 12.0. The molecule has 146 valence electrons. The summed E-state index contributed by atoms with van der Waals surface area (Å²) in [5.41, 5.74) is 1.27. The average molecular weight is 388 g/mol. The van der Waals surface area contributed by atoms with Gasteiger partial charge in [0.05, 0.1) is 4.88 Å². The van der Waals surface area contributed by atoms with E-state index in [0.717, 1.165) is 19.5 Å². The molecule has 1 aromatic heterocycles. The molecule has 2 N–H and O–H groups in total. The van der Waals surface area contributed by atoms with Crippen molar-refractivity contribution in [1.29, 1.82) is 0 Å². The van der Waals surface area contributed by atoms with Gasteiger partial charge < -0.3 is 10.6 Å². The number of carbonyl (C=O) groups excluding carboxylic acids is 2. The monoisotopic (exact) mass is 387 g/mol. The first-order valence-corrected chi connectivity index (χ1v) is 10.4. The fourth-order valence-electron chi connectivity index (χ4n) is 3.06. The van der Waals surface area contributed by atoms with Crippen LogP contribution in [-0.2, 0) is 11.2 Å². The highest BCUT2D eigenvalue weighted by Crippen LogP contribution is 2.09. The van der Waals surface area contributed by atoms with E-state index in [4.69, 9.17) is 0 Å². The van der Waals surface area contributed by atoms with Crippen LogP contribution in [0, 0.1) is 0 Å². The van der Waals surface area contributed by atoms with E-state index in [1.165, 1.54) is 16.9 Å². The molecule has 0 aliphatic heterocycles. The van der Waals surface area contributed by atoms with Gasteiger partial charge in [0.15, 0.2) is 0 Å². The van der Waals surface area contributed by atoms with Gasteiger partial charge >= 0.3 is 0 Å². The Morgan fingerprint density at radius 2 is 1.78 bits per heavy atom. The zero-order valence-corrected chi connectivity index (χ0v) is 16.9. The Hall–Kier alpha value is -2.18. The Morgan fingerprint density at radius 3 is 2.41 bits per heavy atom. The topological polar surface area (TPSA) is 61.4 Å². The van der Waals surface area contributed by atoms with Crippen molar-refractivity contribution >= 4 is 23.2 Å². The van der Waals surface area contributed by atoms with Crippen LogP contribution in [0.4, 0.5) is 0 Å². The predicted octanol–water partition coefficient (Wildman–Crippen LogP) is 2.94. The number of nitrogens with zero attached hydrogens (tertiary/aromatic N) is 1. The second-order valence-corrected chi connectivity index (χ2v) is 7.30. The number of nitrogens with one attached hydrogen (secondary N) is 2. The Morgan fingerprint density at radius 1 is 1.04 bits per heavy atom. The minimum Gasteiger partial charge on any atom is -0.354 e. The Labute approximate surface area is 165 Å². The largest absolute Gasteiger partial charge is 0.354 e. The second kappa shape index (κ2) is 11.5. The third-order valence-electron chi connectivity index (χ3n) is 4.56. The summed E-state index contributed by atoms with van der Waals surface area (Å²) >= 11 is 1.39. The lowest BCUT2D eigenvalue weighted by Gasteiger charge is -2.30. The number of likely N-dealkylation sites (N-methyl/N-ethyl adjacent to an activating group) is 1. The minimum absolute atomic E-state index is 0.0355. The maximum atomic E-state index is 12.2. The van der Waals surface area contributed by atoms with Crippen LogP contribution in [0.2, 0.25) is 0 Å². The maximum Gasteiger partial charge on any atom is 0.261 e. The quantitative estimate of drug-likeness (QED) is 0.623. The lowest BCUT2D eigenvalue weighted by atomic mass is 10.0. The molecule has 0 saturated carbocycles. The molecule has 0 saturated heterocycles. The van der Waals surface area contributed by atoms with Gasteiger partial charge in [-0.15, -0.1) is 11.3 Å². The molecule has 0 radical (unpaired) electrons. The molecule has 2 amide bonds. The van der Waals surface area contributed by atoms with Crippen molar-refractivity contribution in [3.63, 3.8) is 0 Å². The smallest absolute Gasteiger partial charge is 0.261 e. The first-order chi connectivity index (χ1) is 13.1. The van der Waals surface area contributed by atoms with E-state index in [9.17, 15) is 9.59 Å². The minimum atomic E-state index is -0.122. The first kappa shape index (κ1) is 21.1. The highest BCUT2D eigenvalue weighted by atomic mass is 32.1. The molecule has 2 rings (SSSR count). The standard InChI is InChI=1S/C21H29N3O2S/c1-3-24(4-2)18(15-17-9-6-5-7-10-17)16-23-20(25)12-13-22-21(26)19-11-8-14-27-19/h5-11,14,18H,3-4,12-13,15-16H2,1-2H3,(H,22,26)(H,23,25). The molecule has 0 aliphatic carbocycles. The van der Waals surface area contributed by atoms with E-state index in [2.05, 4.69) is 41.5 Å². The Kier molecular flexibility index (Phi) is 9.01. The van der Waals surface area contributed by atoms with Crippen LogP contribution < -0.4 is 10.6 Å². The van der Waals surface area contributed by atoms with Gasteiger partial charge in [0.25, 0.3) is 5.91 Å². The van der Waals surface area contributed by atoms with E-state index >= 15 is 0 Å². The van der Waals surface area contributed by atoms with Crippen molar-refractivity contribution in [2.24, 2.45) is 0 Å². The summed E-state index contributed by atoms with van der Waals surface area (Å²) in [6.45, 7) is 7.12. The second-order valence-electron chi connectivity index (χ2n) is 6.35. The number of thiophene rings is 1. The van der Waals surface area contributed by atoms with Gasteiger partial charge in [-0.2, -0.15) is 0 Å². The fraction of sp³-hybridized carbons (Fsp3) is 0.429. The summed E-state index contributed by atoms with van der Waals surface area (Å²) in [5.74, 6) is -0.158. The van der Waals surface area contributed by atoms with Gasteiger partial charge in [-0.25, -0.2) is 0 Å². The molecule has 27 heavy (non-hydrogen) atoms. The van der Waals surface area contributed by atoms with Crippen molar-refractivity contribution in [3.8, 4) is 0 Å². The van der Waals surface area contributed by atoms with Crippen molar-refractivity contribution in [2.75, 3.05) is 26.2 Å². The number of hydrogen-bond donors (Lipinski definition) is 2. The maximum absolute atomic E-state index is 12.2. The summed E-state index contributed by atoms with van der Waals surface area (Å²) in [4.78, 5) is 27.1. The Bertz CT molecular complexity index is 685. The predicted molar refractivity (Wildman–Crippen MR) is 111 cm³/mol. The first-order valence-electron chi connectivity index (χ1n) is 9.50. The van der Waals surface area contributed by atoms with Gasteiger partial charge in [0, 0.05) is 25.6 Å². The molecular formula is C21H29N3O2S. The van der Waals surface area contributed by atoms with Crippen molar-refractivity contribution < 1.29 is 9.59 Å². The number of hydrogen-bond acceptors (Lipinski definition) is 4. The SMILES string of the molecule is CCN(CC)C(CNC(=O)CCNC(=O)c1cccs1)Cc1ccccc1. The van der Waals surface area contributed by atoms with Crippen LogP contribution in [-0.4, -0.2) is 48.9 Å². The molecule has 1 unspecified atom stereocenters. The molecule has 1 atom stereocenters. The molecule has 0 aliphatic rings. The molecule has 5 nitrogen and oxygen atoms in total. The highest BCUT2D eigenvalue weighted by Gasteiger charge is 2.17. The van der Waals surface area contributed by atoms with Gasteiger partial charge in [-0.05, 0) is 36.5 Å². The van der Waals surface area contributed by atoms with Gasteiger partial charge in [-0.1, -0.05) is 50.2 Å². The summed E-state index contributed by atoms with van der Waals surface area (Å²) < 4.78 is 0. The van der Waals surface area contributed by atoms with Gasteiger partial charge in [-0.3, -0.25) is 14.5 Å². The van der Waals surface area contributed by atoms with E-state index in [1.807, 2.05) is 29.6 Å². The third-order valence-corrected chi connectivity index (χ3v) is 5.43. The molecule has 0 bridgehead atoms. The van der Waals surface area contributed by atoms with E-state index in [0.29, 0.717) is 18.0 Å². The number of benzene rings is 1. The molecule has 0 fully saturated rings. The number of amides is 2. The number of rotatable bonds is 11. The van der Waals surface area contributed by atoms with E-state index in [1.54, 1.807) is 6.07 Å². The average Bonchev–Trinajstić information content (AvgIpc) is 3.22. The van der Waals surface area contributed by atoms with Crippen LogP contribution in [0.25, 0.3) is 0 Å².